The van der Waals surface area contributed by atoms with Crippen LogP contribution in [0.1, 0.15) is 29.4 Å². The van der Waals surface area contributed by atoms with E-state index >= 15 is 0 Å². The molecule has 1 N–H and O–H groups in total. The van der Waals surface area contributed by atoms with E-state index < -0.39 is 5.91 Å². The van der Waals surface area contributed by atoms with Crippen LogP contribution >= 0.6 is 11.6 Å². The van der Waals surface area contributed by atoms with Gasteiger partial charge in [0.1, 0.15) is 11.4 Å². The van der Waals surface area contributed by atoms with Gasteiger partial charge in [-0.3, -0.25) is 9.59 Å². The van der Waals surface area contributed by atoms with Crippen molar-refractivity contribution >= 4 is 23.2 Å². The molecule has 28 heavy (non-hydrogen) atoms. The maximum atomic E-state index is 12.7. The quantitative estimate of drug-likeness (QED) is 0.656. The van der Waals surface area contributed by atoms with E-state index in [4.69, 9.17) is 16.3 Å². The molecule has 0 aliphatic rings. The Hall–Kier alpha value is -3.12. The SMILES string of the molecule is CCCn1nc(C(=O)Nc2cc(Cl)ccc2Oc2ccc(C)cc2)ccc1=O. The van der Waals surface area contributed by atoms with Gasteiger partial charge in [-0.2, -0.15) is 5.10 Å². The molecule has 3 rings (SSSR count). The average Bonchev–Trinajstić information content (AvgIpc) is 2.67. The van der Waals surface area contributed by atoms with Crippen molar-refractivity contribution in [1.82, 2.24) is 9.78 Å². The number of halogens is 1. The summed E-state index contributed by atoms with van der Waals surface area (Å²) in [7, 11) is 0. The summed E-state index contributed by atoms with van der Waals surface area (Å²) in [5, 5.41) is 7.34. The highest BCUT2D eigenvalue weighted by Gasteiger charge is 2.14. The standard InChI is InChI=1S/C21H20ClN3O3/c1-3-12-25-20(26)11-9-17(24-25)21(27)23-18-13-15(22)6-10-19(18)28-16-7-4-14(2)5-8-16/h4-11,13H,3,12H2,1-2H3,(H,23,27). The summed E-state index contributed by atoms with van der Waals surface area (Å²) in [4.78, 5) is 24.5. The van der Waals surface area contributed by atoms with Gasteiger partial charge in [-0.05, 0) is 49.7 Å². The number of hydrogen-bond acceptors (Lipinski definition) is 4. The zero-order valence-corrected chi connectivity index (χ0v) is 16.4. The zero-order chi connectivity index (χ0) is 20.1. The minimum Gasteiger partial charge on any atom is -0.455 e. The van der Waals surface area contributed by atoms with Gasteiger partial charge in [0, 0.05) is 17.6 Å². The van der Waals surface area contributed by atoms with Crippen LogP contribution in [-0.4, -0.2) is 15.7 Å². The van der Waals surface area contributed by atoms with Gasteiger partial charge in [0.05, 0.1) is 5.69 Å². The van der Waals surface area contributed by atoms with Crippen molar-refractivity contribution < 1.29 is 9.53 Å². The number of nitrogens with zero attached hydrogens (tertiary/aromatic N) is 2. The van der Waals surface area contributed by atoms with Crippen LogP contribution in [-0.2, 0) is 6.54 Å². The lowest BCUT2D eigenvalue weighted by molar-refractivity contribution is 0.101. The molecule has 0 saturated carbocycles. The zero-order valence-electron chi connectivity index (χ0n) is 15.6. The number of benzene rings is 2. The average molecular weight is 398 g/mol. The molecule has 2 aromatic carbocycles. The van der Waals surface area contributed by atoms with Gasteiger partial charge in [0.25, 0.3) is 11.5 Å². The first kappa shape index (κ1) is 19.6. The maximum Gasteiger partial charge on any atom is 0.276 e. The van der Waals surface area contributed by atoms with E-state index in [0.717, 1.165) is 12.0 Å². The minimum absolute atomic E-state index is 0.134. The summed E-state index contributed by atoms with van der Waals surface area (Å²) in [6, 6.07) is 15.3. The third-order valence-corrected chi connectivity index (χ3v) is 4.21. The third kappa shape index (κ3) is 4.78. The molecule has 3 aromatic rings. The van der Waals surface area contributed by atoms with E-state index in [-0.39, 0.29) is 11.3 Å². The van der Waals surface area contributed by atoms with Crippen LogP contribution < -0.4 is 15.6 Å². The van der Waals surface area contributed by atoms with Crippen LogP contribution in [0.15, 0.2) is 59.4 Å². The summed E-state index contributed by atoms with van der Waals surface area (Å²) in [5.74, 6) is 0.627. The highest BCUT2D eigenvalue weighted by molar-refractivity contribution is 6.31. The Morgan fingerprint density at radius 3 is 2.61 bits per heavy atom. The van der Waals surface area contributed by atoms with E-state index in [9.17, 15) is 9.59 Å². The fourth-order valence-corrected chi connectivity index (χ4v) is 2.72. The Morgan fingerprint density at radius 1 is 1.14 bits per heavy atom. The molecule has 0 radical (unpaired) electrons. The molecule has 6 nitrogen and oxygen atoms in total. The van der Waals surface area contributed by atoms with E-state index in [1.54, 1.807) is 18.2 Å². The smallest absolute Gasteiger partial charge is 0.276 e. The van der Waals surface area contributed by atoms with Gasteiger partial charge in [-0.25, -0.2) is 4.68 Å². The van der Waals surface area contributed by atoms with Crippen LogP contribution in [0.2, 0.25) is 5.02 Å². The highest BCUT2D eigenvalue weighted by atomic mass is 35.5. The van der Waals surface area contributed by atoms with Crippen molar-refractivity contribution in [1.29, 1.82) is 0 Å². The normalized spacial score (nSPS) is 10.5. The number of aryl methyl sites for hydroxylation is 2. The number of hydrogen-bond donors (Lipinski definition) is 1. The van der Waals surface area contributed by atoms with E-state index in [1.165, 1.54) is 16.8 Å². The lowest BCUT2D eigenvalue weighted by atomic mass is 10.2. The summed E-state index contributed by atoms with van der Waals surface area (Å²) in [5.41, 5.74) is 1.41. The molecular weight excluding hydrogens is 378 g/mol. The monoisotopic (exact) mass is 397 g/mol. The number of ether oxygens (including phenoxy) is 1. The molecule has 0 unspecified atom stereocenters. The minimum atomic E-state index is -0.458. The molecule has 0 aliphatic carbocycles. The number of rotatable bonds is 6. The fraction of sp³-hybridized carbons (Fsp3) is 0.190. The van der Waals surface area contributed by atoms with E-state index in [2.05, 4.69) is 10.4 Å². The summed E-state index contributed by atoms with van der Waals surface area (Å²) in [6.45, 7) is 4.36. The second-order valence-corrected chi connectivity index (χ2v) is 6.73. The van der Waals surface area contributed by atoms with Crippen LogP contribution in [0.3, 0.4) is 0 Å². The predicted octanol–water partition coefficient (Wildman–Crippen LogP) is 4.66. The first-order valence-electron chi connectivity index (χ1n) is 8.90. The number of amides is 1. The van der Waals surface area contributed by atoms with Gasteiger partial charge in [0.15, 0.2) is 5.75 Å². The Kier molecular flexibility index (Phi) is 6.11. The largest absolute Gasteiger partial charge is 0.455 e. The van der Waals surface area contributed by atoms with Crippen LogP contribution in [0, 0.1) is 6.92 Å². The first-order chi connectivity index (χ1) is 13.5. The summed E-state index contributed by atoms with van der Waals surface area (Å²) in [6.07, 6.45) is 0.737. The van der Waals surface area contributed by atoms with Crippen LogP contribution in [0.25, 0.3) is 0 Å². The molecule has 0 fully saturated rings. The summed E-state index contributed by atoms with van der Waals surface area (Å²) >= 11 is 6.09. The second-order valence-electron chi connectivity index (χ2n) is 6.29. The van der Waals surface area contributed by atoms with Crippen molar-refractivity contribution in [3.63, 3.8) is 0 Å². The van der Waals surface area contributed by atoms with Gasteiger partial charge in [-0.15, -0.1) is 0 Å². The highest BCUT2D eigenvalue weighted by Crippen LogP contribution is 2.32. The van der Waals surface area contributed by atoms with Gasteiger partial charge < -0.3 is 10.1 Å². The lowest BCUT2D eigenvalue weighted by Gasteiger charge is -2.13. The number of nitrogens with one attached hydrogen (secondary N) is 1. The Labute approximate surface area is 167 Å². The number of aromatic nitrogens is 2. The fourth-order valence-electron chi connectivity index (χ4n) is 2.55. The number of anilines is 1. The molecule has 1 heterocycles. The second kappa shape index (κ2) is 8.71. The van der Waals surface area contributed by atoms with E-state index in [0.29, 0.717) is 28.8 Å². The predicted molar refractivity (Wildman–Crippen MR) is 109 cm³/mol. The Bertz CT molecular complexity index is 1050. The summed E-state index contributed by atoms with van der Waals surface area (Å²) < 4.78 is 7.16. The third-order valence-electron chi connectivity index (χ3n) is 3.97. The molecule has 0 bridgehead atoms. The molecule has 1 amide bonds. The van der Waals surface area contributed by atoms with Crippen LogP contribution in [0.4, 0.5) is 5.69 Å². The number of carbonyl (C=O) groups is 1. The van der Waals surface area contributed by atoms with Crippen molar-refractivity contribution in [2.75, 3.05) is 5.32 Å². The van der Waals surface area contributed by atoms with Gasteiger partial charge in [0.2, 0.25) is 0 Å². The first-order valence-corrected chi connectivity index (χ1v) is 9.27. The molecule has 7 heteroatoms. The molecule has 144 valence electrons. The van der Waals surface area contributed by atoms with Crippen molar-refractivity contribution in [3.05, 3.63) is 81.2 Å². The molecule has 0 spiro atoms. The van der Waals surface area contributed by atoms with Gasteiger partial charge >= 0.3 is 0 Å². The van der Waals surface area contributed by atoms with Crippen molar-refractivity contribution in [2.45, 2.75) is 26.8 Å². The molecule has 0 saturated heterocycles. The molecular formula is C21H20ClN3O3. The van der Waals surface area contributed by atoms with Gasteiger partial charge in [-0.1, -0.05) is 36.2 Å². The Morgan fingerprint density at radius 2 is 1.89 bits per heavy atom. The van der Waals surface area contributed by atoms with Crippen LogP contribution in [0.5, 0.6) is 11.5 Å². The van der Waals surface area contributed by atoms with Crippen molar-refractivity contribution in [3.8, 4) is 11.5 Å². The topological polar surface area (TPSA) is 73.2 Å². The van der Waals surface area contributed by atoms with E-state index in [1.807, 2.05) is 38.1 Å². The molecule has 0 atom stereocenters. The maximum absolute atomic E-state index is 12.7. The molecule has 0 aliphatic heterocycles. The number of carbonyl (C=O) groups excluding carboxylic acids is 1. The van der Waals surface area contributed by atoms with Crippen molar-refractivity contribution in [2.24, 2.45) is 0 Å². The Balaban J connectivity index is 1.86. The molecule has 1 aromatic heterocycles. The lowest BCUT2D eigenvalue weighted by Crippen LogP contribution is -2.26.